The molecule has 0 heterocycles. The van der Waals surface area contributed by atoms with E-state index in [1.165, 1.54) is 6.07 Å². The molecule has 5 nitrogen and oxygen atoms in total. The maximum absolute atomic E-state index is 12.3. The van der Waals surface area contributed by atoms with Gasteiger partial charge >= 0.3 is 0 Å². The minimum Gasteiger partial charge on any atom is -0.392 e. The molecule has 0 fully saturated rings. The molecule has 0 aliphatic carbocycles. The first-order valence-electron chi connectivity index (χ1n) is 6.07. The zero-order valence-electron chi connectivity index (χ0n) is 10.8. The number of hydrogen-bond acceptors (Lipinski definition) is 4. The van der Waals surface area contributed by atoms with Gasteiger partial charge in [0.15, 0.2) is 0 Å². The fourth-order valence-electron chi connectivity index (χ4n) is 1.82. The molecule has 0 saturated heterocycles. The van der Waals surface area contributed by atoms with Crippen molar-refractivity contribution in [1.29, 1.82) is 0 Å². The Morgan fingerprint density at radius 2 is 1.70 bits per heavy atom. The molecule has 0 atom stereocenters. The van der Waals surface area contributed by atoms with Crippen LogP contribution >= 0.6 is 0 Å². The number of nitrogens with one attached hydrogen (secondary N) is 1. The standard InChI is InChI=1S/C14H16N2O3S/c15-9-12-3-1-2-4-14(12)20(18,19)16-13-7-5-11(10-17)6-8-13/h1-8,16-17H,9-10,15H2. The molecule has 0 aliphatic heterocycles. The molecular formula is C14H16N2O3S. The summed E-state index contributed by atoms with van der Waals surface area (Å²) in [5, 5.41) is 8.95. The highest BCUT2D eigenvalue weighted by molar-refractivity contribution is 7.92. The molecule has 2 rings (SSSR count). The Morgan fingerprint density at radius 3 is 2.30 bits per heavy atom. The lowest BCUT2D eigenvalue weighted by Gasteiger charge is -2.11. The van der Waals surface area contributed by atoms with E-state index >= 15 is 0 Å². The summed E-state index contributed by atoms with van der Waals surface area (Å²) in [5.41, 5.74) is 7.28. The molecule has 0 aromatic heterocycles. The first-order valence-corrected chi connectivity index (χ1v) is 7.56. The van der Waals surface area contributed by atoms with Crippen molar-refractivity contribution in [3.63, 3.8) is 0 Å². The second-order valence-corrected chi connectivity index (χ2v) is 5.92. The van der Waals surface area contributed by atoms with E-state index in [4.69, 9.17) is 10.8 Å². The Kier molecular flexibility index (Phi) is 4.39. The van der Waals surface area contributed by atoms with Gasteiger partial charge in [-0.2, -0.15) is 0 Å². The number of rotatable bonds is 5. The van der Waals surface area contributed by atoms with Crippen LogP contribution in [0.25, 0.3) is 0 Å². The number of benzene rings is 2. The summed E-state index contributed by atoms with van der Waals surface area (Å²) in [6.45, 7) is 0.0730. The lowest BCUT2D eigenvalue weighted by atomic mass is 10.2. The third-order valence-corrected chi connectivity index (χ3v) is 4.35. The highest BCUT2D eigenvalue weighted by Crippen LogP contribution is 2.19. The number of hydrogen-bond donors (Lipinski definition) is 3. The van der Waals surface area contributed by atoms with Crippen LogP contribution in [0.15, 0.2) is 53.4 Å². The molecular weight excluding hydrogens is 276 g/mol. The minimum absolute atomic E-state index is 0.0803. The fourth-order valence-corrected chi connectivity index (χ4v) is 3.13. The number of sulfonamides is 1. The van der Waals surface area contributed by atoms with E-state index in [9.17, 15) is 8.42 Å². The summed E-state index contributed by atoms with van der Waals surface area (Å²) in [7, 11) is -3.67. The summed E-state index contributed by atoms with van der Waals surface area (Å²) in [6.07, 6.45) is 0. The molecule has 0 radical (unpaired) electrons. The van der Waals surface area contributed by atoms with E-state index in [0.717, 1.165) is 5.56 Å². The van der Waals surface area contributed by atoms with Gasteiger partial charge in [0.25, 0.3) is 10.0 Å². The molecule has 6 heteroatoms. The van der Waals surface area contributed by atoms with Crippen LogP contribution in [0.2, 0.25) is 0 Å². The predicted octanol–water partition coefficient (Wildman–Crippen LogP) is 1.44. The monoisotopic (exact) mass is 292 g/mol. The predicted molar refractivity (Wildman–Crippen MR) is 77.5 cm³/mol. The maximum Gasteiger partial charge on any atom is 0.262 e. The molecule has 0 unspecified atom stereocenters. The molecule has 106 valence electrons. The average molecular weight is 292 g/mol. The molecule has 2 aromatic carbocycles. The van der Waals surface area contributed by atoms with E-state index in [1.807, 2.05) is 0 Å². The van der Waals surface area contributed by atoms with Gasteiger partial charge in [-0.1, -0.05) is 30.3 Å². The van der Waals surface area contributed by atoms with Gasteiger partial charge in [0.2, 0.25) is 0 Å². The van der Waals surface area contributed by atoms with Crippen molar-refractivity contribution < 1.29 is 13.5 Å². The fraction of sp³-hybridized carbons (Fsp3) is 0.143. The Labute approximate surface area is 118 Å². The van der Waals surface area contributed by atoms with E-state index in [2.05, 4.69) is 4.72 Å². The molecule has 2 aromatic rings. The second-order valence-electron chi connectivity index (χ2n) is 4.27. The summed E-state index contributed by atoms with van der Waals surface area (Å²) >= 11 is 0. The molecule has 0 spiro atoms. The largest absolute Gasteiger partial charge is 0.392 e. The second kappa shape index (κ2) is 6.04. The Bertz CT molecular complexity index is 682. The topological polar surface area (TPSA) is 92.4 Å². The molecule has 0 aliphatic rings. The van der Waals surface area contributed by atoms with Gasteiger partial charge in [0.1, 0.15) is 0 Å². The van der Waals surface area contributed by atoms with Crippen molar-refractivity contribution >= 4 is 15.7 Å². The number of aliphatic hydroxyl groups is 1. The van der Waals surface area contributed by atoms with Crippen LogP contribution in [-0.2, 0) is 23.2 Å². The van der Waals surface area contributed by atoms with Gasteiger partial charge in [0, 0.05) is 12.2 Å². The lowest BCUT2D eigenvalue weighted by molar-refractivity contribution is 0.282. The van der Waals surface area contributed by atoms with Crippen LogP contribution in [0.4, 0.5) is 5.69 Å². The van der Waals surface area contributed by atoms with E-state index in [-0.39, 0.29) is 18.0 Å². The van der Waals surface area contributed by atoms with Gasteiger partial charge in [-0.05, 0) is 29.3 Å². The van der Waals surface area contributed by atoms with Crippen LogP contribution in [0, 0.1) is 0 Å². The van der Waals surface area contributed by atoms with Crippen molar-refractivity contribution in [3.8, 4) is 0 Å². The van der Waals surface area contributed by atoms with E-state index in [0.29, 0.717) is 11.3 Å². The smallest absolute Gasteiger partial charge is 0.262 e. The summed E-state index contributed by atoms with van der Waals surface area (Å²) in [6, 6.07) is 13.1. The highest BCUT2D eigenvalue weighted by Gasteiger charge is 2.17. The lowest BCUT2D eigenvalue weighted by Crippen LogP contribution is -2.16. The van der Waals surface area contributed by atoms with Crippen LogP contribution in [0.1, 0.15) is 11.1 Å². The molecule has 20 heavy (non-hydrogen) atoms. The average Bonchev–Trinajstić information content (AvgIpc) is 2.47. The molecule has 0 amide bonds. The summed E-state index contributed by atoms with van der Waals surface area (Å²) < 4.78 is 27.1. The zero-order chi connectivity index (χ0) is 14.6. The Balaban J connectivity index is 2.30. The quantitative estimate of drug-likeness (QED) is 0.777. The zero-order valence-corrected chi connectivity index (χ0v) is 11.6. The van der Waals surface area contributed by atoms with Crippen LogP contribution in [-0.4, -0.2) is 13.5 Å². The summed E-state index contributed by atoms with van der Waals surface area (Å²) in [4.78, 5) is 0.175. The third kappa shape index (κ3) is 3.16. The van der Waals surface area contributed by atoms with Gasteiger partial charge in [-0.15, -0.1) is 0 Å². The first-order chi connectivity index (χ1) is 9.56. The van der Waals surface area contributed by atoms with E-state index in [1.54, 1.807) is 42.5 Å². The number of anilines is 1. The SMILES string of the molecule is NCc1ccccc1S(=O)(=O)Nc1ccc(CO)cc1. The molecule has 0 saturated carbocycles. The van der Waals surface area contributed by atoms with Gasteiger partial charge in [-0.25, -0.2) is 8.42 Å². The number of nitrogens with two attached hydrogens (primary N) is 1. The van der Waals surface area contributed by atoms with Crippen molar-refractivity contribution in [2.75, 3.05) is 4.72 Å². The van der Waals surface area contributed by atoms with Crippen molar-refractivity contribution in [1.82, 2.24) is 0 Å². The van der Waals surface area contributed by atoms with Crippen LogP contribution in [0.3, 0.4) is 0 Å². The van der Waals surface area contributed by atoms with Crippen molar-refractivity contribution in [2.24, 2.45) is 5.73 Å². The summed E-state index contributed by atoms with van der Waals surface area (Å²) in [5.74, 6) is 0. The Morgan fingerprint density at radius 1 is 1.05 bits per heavy atom. The normalized spacial score (nSPS) is 11.3. The minimum atomic E-state index is -3.67. The molecule has 0 bridgehead atoms. The van der Waals surface area contributed by atoms with E-state index < -0.39 is 10.0 Å². The Hall–Kier alpha value is -1.89. The van der Waals surface area contributed by atoms with Gasteiger partial charge in [-0.3, -0.25) is 4.72 Å². The van der Waals surface area contributed by atoms with Gasteiger partial charge < -0.3 is 10.8 Å². The number of aliphatic hydroxyl groups excluding tert-OH is 1. The van der Waals surface area contributed by atoms with Crippen molar-refractivity contribution in [2.45, 2.75) is 18.0 Å². The maximum atomic E-state index is 12.3. The van der Waals surface area contributed by atoms with Crippen molar-refractivity contribution in [3.05, 3.63) is 59.7 Å². The third-order valence-electron chi connectivity index (χ3n) is 2.87. The van der Waals surface area contributed by atoms with Crippen LogP contribution < -0.4 is 10.5 Å². The molecule has 4 N–H and O–H groups in total. The first kappa shape index (κ1) is 14.5. The van der Waals surface area contributed by atoms with Crippen LogP contribution in [0.5, 0.6) is 0 Å². The van der Waals surface area contributed by atoms with Gasteiger partial charge in [0.05, 0.1) is 11.5 Å². The highest BCUT2D eigenvalue weighted by atomic mass is 32.2.